The standard InChI is InChI=1S/C26H33N5O/c1-27-26(28-18-22-10-7-11-24(16-22)30-13-5-6-14-30)29-19-23-17-25(32)31(20-23)15-12-21-8-3-2-4-9-21/h2-11,16,23H,12-15,17-20H2,1H3,(H2,27,28,29). The maximum absolute atomic E-state index is 12.4. The highest BCUT2D eigenvalue weighted by molar-refractivity contribution is 5.81. The summed E-state index contributed by atoms with van der Waals surface area (Å²) in [6.45, 7) is 5.00. The number of anilines is 1. The van der Waals surface area contributed by atoms with Crippen molar-refractivity contribution < 1.29 is 4.79 Å². The highest BCUT2D eigenvalue weighted by Crippen LogP contribution is 2.19. The van der Waals surface area contributed by atoms with Crippen molar-refractivity contribution in [2.24, 2.45) is 10.9 Å². The second-order valence-corrected chi connectivity index (χ2v) is 8.50. The molecule has 6 nitrogen and oxygen atoms in total. The molecule has 0 saturated carbocycles. The number of guanidine groups is 1. The molecule has 0 aromatic heterocycles. The second kappa shape index (κ2) is 10.8. The van der Waals surface area contributed by atoms with E-state index in [1.54, 1.807) is 7.05 Å². The number of carbonyl (C=O) groups excluding carboxylic acids is 1. The van der Waals surface area contributed by atoms with Crippen molar-refractivity contribution in [3.05, 3.63) is 77.9 Å². The number of nitrogens with zero attached hydrogens (tertiary/aromatic N) is 3. The van der Waals surface area contributed by atoms with Crippen LogP contribution in [0.3, 0.4) is 0 Å². The lowest BCUT2D eigenvalue weighted by molar-refractivity contribution is -0.127. The van der Waals surface area contributed by atoms with Crippen molar-refractivity contribution in [2.75, 3.05) is 44.7 Å². The molecular weight excluding hydrogens is 398 g/mol. The zero-order valence-corrected chi connectivity index (χ0v) is 18.8. The fourth-order valence-electron chi connectivity index (χ4n) is 4.31. The van der Waals surface area contributed by atoms with Crippen LogP contribution in [0.15, 0.2) is 71.7 Å². The molecule has 32 heavy (non-hydrogen) atoms. The normalized spacial score (nSPS) is 18.5. The van der Waals surface area contributed by atoms with Gasteiger partial charge in [0.1, 0.15) is 0 Å². The van der Waals surface area contributed by atoms with Gasteiger partial charge in [-0.3, -0.25) is 9.79 Å². The third-order valence-corrected chi connectivity index (χ3v) is 6.14. The average Bonchev–Trinajstić information content (AvgIpc) is 3.49. The Morgan fingerprint density at radius 1 is 1.03 bits per heavy atom. The molecule has 0 aliphatic carbocycles. The number of aliphatic imine (C=N–C) groups is 1. The Morgan fingerprint density at radius 2 is 1.81 bits per heavy atom. The molecule has 4 rings (SSSR count). The molecule has 0 bridgehead atoms. The smallest absolute Gasteiger partial charge is 0.223 e. The molecule has 1 fully saturated rings. The van der Waals surface area contributed by atoms with E-state index in [-0.39, 0.29) is 5.91 Å². The Balaban J connectivity index is 1.21. The molecule has 2 aromatic rings. The minimum Gasteiger partial charge on any atom is -0.364 e. The molecule has 2 aliphatic rings. The second-order valence-electron chi connectivity index (χ2n) is 8.50. The molecule has 2 aromatic carbocycles. The molecule has 2 heterocycles. The summed E-state index contributed by atoms with van der Waals surface area (Å²) in [5, 5.41) is 6.81. The lowest BCUT2D eigenvalue weighted by Crippen LogP contribution is -2.40. The van der Waals surface area contributed by atoms with E-state index in [9.17, 15) is 4.79 Å². The summed E-state index contributed by atoms with van der Waals surface area (Å²) in [4.78, 5) is 21.1. The van der Waals surface area contributed by atoms with Crippen molar-refractivity contribution >= 4 is 17.6 Å². The van der Waals surface area contributed by atoms with E-state index in [2.05, 4.69) is 69.1 Å². The van der Waals surface area contributed by atoms with Gasteiger partial charge in [-0.05, 0) is 29.7 Å². The molecule has 1 saturated heterocycles. The Kier molecular flexibility index (Phi) is 7.43. The van der Waals surface area contributed by atoms with E-state index in [1.807, 2.05) is 23.1 Å². The van der Waals surface area contributed by atoms with Gasteiger partial charge in [0, 0.05) is 64.3 Å². The van der Waals surface area contributed by atoms with Crippen LogP contribution < -0.4 is 15.5 Å². The maximum Gasteiger partial charge on any atom is 0.223 e. The average molecular weight is 432 g/mol. The Labute approximate surface area is 191 Å². The molecule has 2 aliphatic heterocycles. The molecule has 1 amide bonds. The largest absolute Gasteiger partial charge is 0.364 e. The third-order valence-electron chi connectivity index (χ3n) is 6.14. The number of carbonyl (C=O) groups is 1. The summed E-state index contributed by atoms with van der Waals surface area (Å²) in [5.74, 6) is 1.33. The molecule has 6 heteroatoms. The Bertz CT molecular complexity index is 948. The van der Waals surface area contributed by atoms with Gasteiger partial charge >= 0.3 is 0 Å². The fourth-order valence-corrected chi connectivity index (χ4v) is 4.31. The number of hydrogen-bond donors (Lipinski definition) is 2. The van der Waals surface area contributed by atoms with Crippen LogP contribution in [0.25, 0.3) is 0 Å². The van der Waals surface area contributed by atoms with Gasteiger partial charge in [-0.15, -0.1) is 0 Å². The Hall–Kier alpha value is -3.28. The van der Waals surface area contributed by atoms with Crippen LogP contribution >= 0.6 is 0 Å². The van der Waals surface area contributed by atoms with Crippen molar-refractivity contribution in [1.29, 1.82) is 0 Å². The van der Waals surface area contributed by atoms with E-state index >= 15 is 0 Å². The van der Waals surface area contributed by atoms with Crippen LogP contribution in [-0.2, 0) is 17.8 Å². The van der Waals surface area contributed by atoms with E-state index in [1.165, 1.54) is 16.8 Å². The Morgan fingerprint density at radius 3 is 2.59 bits per heavy atom. The fraction of sp³-hybridized carbons (Fsp3) is 0.385. The van der Waals surface area contributed by atoms with Crippen molar-refractivity contribution in [3.8, 4) is 0 Å². The minimum atomic E-state index is 0.254. The molecule has 1 atom stereocenters. The predicted octanol–water partition coefficient (Wildman–Crippen LogP) is 2.82. The van der Waals surface area contributed by atoms with Crippen LogP contribution in [0.5, 0.6) is 0 Å². The highest BCUT2D eigenvalue weighted by Gasteiger charge is 2.29. The van der Waals surface area contributed by atoms with Crippen LogP contribution in [0.2, 0.25) is 0 Å². The van der Waals surface area contributed by atoms with Gasteiger partial charge in [0.2, 0.25) is 5.91 Å². The number of hydrogen-bond acceptors (Lipinski definition) is 3. The van der Waals surface area contributed by atoms with E-state index in [4.69, 9.17) is 0 Å². The lowest BCUT2D eigenvalue weighted by Gasteiger charge is -2.19. The van der Waals surface area contributed by atoms with E-state index < -0.39 is 0 Å². The van der Waals surface area contributed by atoms with Crippen LogP contribution in [-0.4, -0.2) is 56.5 Å². The third kappa shape index (κ3) is 5.90. The zero-order valence-electron chi connectivity index (χ0n) is 18.8. The van der Waals surface area contributed by atoms with Crippen LogP contribution in [0.4, 0.5) is 5.69 Å². The molecule has 0 spiro atoms. The van der Waals surface area contributed by atoms with E-state index in [0.717, 1.165) is 45.1 Å². The van der Waals surface area contributed by atoms with Gasteiger partial charge in [-0.25, -0.2) is 0 Å². The first-order chi connectivity index (χ1) is 15.7. The van der Waals surface area contributed by atoms with Crippen molar-refractivity contribution in [1.82, 2.24) is 15.5 Å². The topological polar surface area (TPSA) is 60.0 Å². The van der Waals surface area contributed by atoms with Gasteiger partial charge in [-0.2, -0.15) is 0 Å². The monoisotopic (exact) mass is 431 g/mol. The van der Waals surface area contributed by atoms with E-state index in [0.29, 0.717) is 18.9 Å². The summed E-state index contributed by atoms with van der Waals surface area (Å²) in [6, 6.07) is 19.0. The van der Waals surface area contributed by atoms with Crippen molar-refractivity contribution in [3.63, 3.8) is 0 Å². The van der Waals surface area contributed by atoms with Crippen molar-refractivity contribution in [2.45, 2.75) is 19.4 Å². The first-order valence-corrected chi connectivity index (χ1v) is 11.5. The van der Waals surface area contributed by atoms with Gasteiger partial charge in [0.25, 0.3) is 0 Å². The summed E-state index contributed by atoms with van der Waals surface area (Å²) in [7, 11) is 1.79. The quantitative estimate of drug-likeness (QED) is 0.383. The summed E-state index contributed by atoms with van der Waals surface area (Å²) in [6.07, 6.45) is 5.91. The number of rotatable bonds is 8. The van der Waals surface area contributed by atoms with Gasteiger partial charge < -0.3 is 20.4 Å². The number of amides is 1. The summed E-state index contributed by atoms with van der Waals surface area (Å²) in [5.41, 5.74) is 3.74. The first-order valence-electron chi connectivity index (χ1n) is 11.5. The summed E-state index contributed by atoms with van der Waals surface area (Å²) >= 11 is 0. The predicted molar refractivity (Wildman–Crippen MR) is 131 cm³/mol. The molecule has 1 unspecified atom stereocenters. The van der Waals surface area contributed by atoms with Gasteiger partial charge in [0.05, 0.1) is 0 Å². The van der Waals surface area contributed by atoms with Gasteiger partial charge in [-0.1, -0.05) is 54.6 Å². The first kappa shape index (κ1) is 21.9. The lowest BCUT2D eigenvalue weighted by atomic mass is 10.1. The summed E-state index contributed by atoms with van der Waals surface area (Å²) < 4.78 is 0. The maximum atomic E-state index is 12.4. The highest BCUT2D eigenvalue weighted by atomic mass is 16.2. The SMILES string of the molecule is CN=C(NCc1cccc(N2CC=CC2)c1)NCC1CC(=O)N(CCc2ccccc2)C1. The van der Waals surface area contributed by atoms with Crippen LogP contribution in [0.1, 0.15) is 17.5 Å². The van der Waals surface area contributed by atoms with Gasteiger partial charge in [0.15, 0.2) is 5.96 Å². The number of nitrogens with one attached hydrogen (secondary N) is 2. The number of likely N-dealkylation sites (tertiary alicyclic amines) is 1. The molecule has 0 radical (unpaired) electrons. The number of benzene rings is 2. The zero-order chi connectivity index (χ0) is 22.2. The molecular formula is C26H33N5O. The minimum absolute atomic E-state index is 0.254. The molecule has 168 valence electrons. The molecule has 2 N–H and O–H groups in total. The van der Waals surface area contributed by atoms with Crippen LogP contribution in [0, 0.1) is 5.92 Å².